The molecule has 0 amide bonds. The van der Waals surface area contributed by atoms with Crippen LogP contribution < -0.4 is 14.8 Å². The van der Waals surface area contributed by atoms with Crippen molar-refractivity contribution in [1.29, 1.82) is 0 Å². The summed E-state index contributed by atoms with van der Waals surface area (Å²) < 4.78 is 17.4. The first-order valence-corrected chi connectivity index (χ1v) is 10.8. The van der Waals surface area contributed by atoms with Gasteiger partial charge in [0.25, 0.3) is 0 Å². The highest BCUT2D eigenvalue weighted by atomic mass is 16.7. The van der Waals surface area contributed by atoms with Crippen molar-refractivity contribution in [2.45, 2.75) is 67.2 Å². The van der Waals surface area contributed by atoms with Crippen LogP contribution in [-0.4, -0.2) is 87.0 Å². The zero-order valence-corrected chi connectivity index (χ0v) is 17.0. The Kier molecular flexibility index (Phi) is 4.40. The first-order valence-electron chi connectivity index (χ1n) is 10.8. The van der Waals surface area contributed by atoms with E-state index < -0.39 is 54.3 Å². The summed E-state index contributed by atoms with van der Waals surface area (Å²) in [6.45, 7) is 0.792. The average Bonchev–Trinajstić information content (AvgIpc) is 3.11. The van der Waals surface area contributed by atoms with E-state index in [2.05, 4.69) is 11.4 Å². The van der Waals surface area contributed by atoms with Crippen molar-refractivity contribution < 1.29 is 44.5 Å². The lowest BCUT2D eigenvalue weighted by Gasteiger charge is -2.53. The van der Waals surface area contributed by atoms with Crippen molar-refractivity contribution >= 4 is 5.97 Å². The first kappa shape index (κ1) is 20.4. The van der Waals surface area contributed by atoms with Crippen LogP contribution in [0.3, 0.4) is 0 Å². The van der Waals surface area contributed by atoms with Crippen LogP contribution in [0.1, 0.15) is 17.5 Å². The van der Waals surface area contributed by atoms with Gasteiger partial charge in [-0.1, -0.05) is 18.2 Å². The van der Waals surface area contributed by atoms with E-state index >= 15 is 0 Å². The van der Waals surface area contributed by atoms with Gasteiger partial charge in [-0.25, -0.2) is 4.79 Å². The highest BCUT2D eigenvalue weighted by Crippen LogP contribution is 2.61. The molecule has 32 heavy (non-hydrogen) atoms. The molecule has 172 valence electrons. The summed E-state index contributed by atoms with van der Waals surface area (Å²) in [4.78, 5) is 11.4. The number of rotatable bonds is 3. The maximum atomic E-state index is 11.4. The summed E-state index contributed by atoms with van der Waals surface area (Å²) in [7, 11) is 0. The molecule has 5 aliphatic rings. The van der Waals surface area contributed by atoms with Gasteiger partial charge in [-0.05, 0) is 31.0 Å². The predicted octanol–water partition coefficient (Wildman–Crippen LogP) is -1.58. The van der Waals surface area contributed by atoms with Crippen molar-refractivity contribution in [2.75, 3.05) is 6.54 Å². The summed E-state index contributed by atoms with van der Waals surface area (Å²) in [6, 6.07) is 3.82. The quantitative estimate of drug-likeness (QED) is 0.299. The van der Waals surface area contributed by atoms with Crippen LogP contribution >= 0.6 is 0 Å². The summed E-state index contributed by atoms with van der Waals surface area (Å²) in [5.41, 5.74) is 1.67. The van der Waals surface area contributed by atoms with E-state index in [-0.39, 0.29) is 17.7 Å². The van der Waals surface area contributed by atoms with E-state index in [1.807, 2.05) is 6.07 Å². The minimum Gasteiger partial charge on any atom is -0.482 e. The molecule has 3 heterocycles. The van der Waals surface area contributed by atoms with Gasteiger partial charge in [0.15, 0.2) is 17.6 Å². The van der Waals surface area contributed by atoms with Crippen molar-refractivity contribution in [3.05, 3.63) is 35.4 Å². The van der Waals surface area contributed by atoms with Gasteiger partial charge in [0, 0.05) is 22.9 Å². The number of hydrogen-bond acceptors (Lipinski definition) is 9. The summed E-state index contributed by atoms with van der Waals surface area (Å²) in [5, 5.41) is 54.0. The Morgan fingerprint density at radius 1 is 1.12 bits per heavy atom. The Hall–Kier alpha value is -2.21. The monoisotopic (exact) mass is 447 g/mol. The molecule has 6 rings (SSSR count). The Balaban J connectivity index is 1.40. The van der Waals surface area contributed by atoms with Crippen LogP contribution in [0.4, 0.5) is 0 Å². The number of aliphatic hydroxyl groups is 4. The molecule has 10 nitrogen and oxygen atoms in total. The summed E-state index contributed by atoms with van der Waals surface area (Å²) in [6.07, 6.45) is -4.39. The normalized spacial score (nSPS) is 45.7. The topological polar surface area (TPSA) is 158 Å². The third-order valence-electron chi connectivity index (χ3n) is 7.72. The van der Waals surface area contributed by atoms with Crippen molar-refractivity contribution in [2.24, 2.45) is 5.92 Å². The van der Waals surface area contributed by atoms with Crippen LogP contribution in [0.2, 0.25) is 0 Å². The lowest BCUT2D eigenvalue weighted by atomic mass is 9.54. The van der Waals surface area contributed by atoms with Gasteiger partial charge < -0.3 is 45.1 Å². The number of ether oxygens (including phenoxy) is 3. The second kappa shape index (κ2) is 6.89. The zero-order chi connectivity index (χ0) is 22.4. The average molecular weight is 447 g/mol. The molecule has 2 bridgehead atoms. The van der Waals surface area contributed by atoms with Crippen LogP contribution in [0.25, 0.3) is 0 Å². The zero-order valence-electron chi connectivity index (χ0n) is 17.0. The van der Waals surface area contributed by atoms with Crippen molar-refractivity contribution in [1.82, 2.24) is 5.32 Å². The number of aliphatic hydroxyl groups excluding tert-OH is 4. The Morgan fingerprint density at radius 3 is 2.72 bits per heavy atom. The minimum absolute atomic E-state index is 0.151. The minimum atomic E-state index is -1.80. The number of carbonyl (C=O) groups is 1. The third kappa shape index (κ3) is 2.53. The fraction of sp³-hybridized carbons (Fsp3) is 0.591. The van der Waals surface area contributed by atoms with Gasteiger partial charge in [-0.15, -0.1) is 0 Å². The molecule has 2 aliphatic carbocycles. The number of hydrogen-bond donors (Lipinski definition) is 6. The molecule has 0 saturated carbocycles. The second-order valence-corrected chi connectivity index (χ2v) is 9.27. The Labute approximate surface area is 183 Å². The van der Waals surface area contributed by atoms with Gasteiger partial charge in [0.1, 0.15) is 30.5 Å². The second-order valence-electron chi connectivity index (χ2n) is 9.27. The molecule has 2 saturated heterocycles. The van der Waals surface area contributed by atoms with E-state index in [4.69, 9.17) is 14.2 Å². The molecule has 6 N–H and O–H groups in total. The van der Waals surface area contributed by atoms with Crippen LogP contribution in [-0.2, 0) is 21.4 Å². The molecule has 2 fully saturated rings. The van der Waals surface area contributed by atoms with Crippen LogP contribution in [0, 0.1) is 5.92 Å². The van der Waals surface area contributed by atoms with Crippen LogP contribution in [0.15, 0.2) is 24.3 Å². The summed E-state index contributed by atoms with van der Waals surface area (Å²) >= 11 is 0. The van der Waals surface area contributed by atoms with Gasteiger partial charge in [0.2, 0.25) is 6.29 Å². The van der Waals surface area contributed by atoms with Gasteiger partial charge >= 0.3 is 5.97 Å². The molecule has 1 aromatic carbocycles. The molecular weight excluding hydrogens is 422 g/mol. The molecular formula is C22H25NO9. The Bertz CT molecular complexity index is 998. The number of carboxylic acid groups (broad SMARTS) is 1. The highest BCUT2D eigenvalue weighted by Gasteiger charge is 2.63. The lowest BCUT2D eigenvalue weighted by Crippen LogP contribution is -2.64. The maximum absolute atomic E-state index is 11.4. The number of nitrogens with one attached hydrogen (secondary N) is 1. The number of carboxylic acids is 1. The molecule has 1 aromatic rings. The van der Waals surface area contributed by atoms with E-state index in [0.717, 1.165) is 30.5 Å². The fourth-order valence-electron chi connectivity index (χ4n) is 6.33. The fourth-order valence-corrected chi connectivity index (χ4v) is 6.33. The Morgan fingerprint density at radius 2 is 1.94 bits per heavy atom. The molecule has 10 atom stereocenters. The van der Waals surface area contributed by atoms with Gasteiger partial charge in [-0.2, -0.15) is 0 Å². The van der Waals surface area contributed by atoms with Crippen molar-refractivity contribution in [3.8, 4) is 11.5 Å². The highest BCUT2D eigenvalue weighted by molar-refractivity contribution is 5.73. The maximum Gasteiger partial charge on any atom is 0.335 e. The standard InChI is InChI=1S/C22H25NO9/c24-11-3-2-9-10-7-8-1-4-12(17-13(8)22(9,5-6-23-10)19(11)31-17)30-21-16(27)14(25)15(26)18(32-21)20(28)29/h1-4,9-11,14-16,18-19,21,23-27H,5-7H2,(H,28,29)/t9?,10-,11?,14+,15+,16-,18+,19?,21-,22+/m1/s1. The number of piperidine rings is 1. The largest absolute Gasteiger partial charge is 0.482 e. The van der Waals surface area contributed by atoms with Crippen molar-refractivity contribution in [3.63, 3.8) is 0 Å². The van der Waals surface area contributed by atoms with Gasteiger partial charge in [0.05, 0.1) is 0 Å². The predicted molar refractivity (Wildman–Crippen MR) is 106 cm³/mol. The third-order valence-corrected chi connectivity index (χ3v) is 7.72. The van der Waals surface area contributed by atoms with E-state index in [1.165, 1.54) is 0 Å². The molecule has 1 spiro atoms. The molecule has 3 aliphatic heterocycles. The SMILES string of the molecule is O=C(O)[C@H]1O[C@@H](Oc2ccc3c4c2OC2C(O)C=CC5[C@@H](C3)NCC[C@]425)[C@H](O)[C@@H](O)[C@@H]1O. The first-order chi connectivity index (χ1) is 15.3. The number of benzene rings is 1. The van der Waals surface area contributed by atoms with Gasteiger partial charge in [-0.3, -0.25) is 0 Å². The van der Waals surface area contributed by atoms with E-state index in [9.17, 15) is 30.3 Å². The molecule has 0 aromatic heterocycles. The smallest absolute Gasteiger partial charge is 0.335 e. The van der Waals surface area contributed by atoms with E-state index in [1.54, 1.807) is 12.1 Å². The molecule has 3 unspecified atom stereocenters. The lowest BCUT2D eigenvalue weighted by molar-refractivity contribution is -0.271. The van der Waals surface area contributed by atoms with E-state index in [0.29, 0.717) is 5.75 Å². The molecule has 0 radical (unpaired) electrons. The summed E-state index contributed by atoms with van der Waals surface area (Å²) in [5.74, 6) is -0.652. The van der Waals surface area contributed by atoms with Crippen LogP contribution in [0.5, 0.6) is 11.5 Å². The number of aliphatic carboxylic acids is 1. The molecule has 10 heteroatoms.